The third-order valence-corrected chi connectivity index (χ3v) is 1.65. The van der Waals surface area contributed by atoms with Crippen LogP contribution in [0.1, 0.15) is 5.56 Å². The summed E-state index contributed by atoms with van der Waals surface area (Å²) in [7, 11) is -3.87. The molecule has 0 saturated carbocycles. The van der Waals surface area contributed by atoms with Crippen LogP contribution in [0.3, 0.4) is 0 Å². The molecule has 0 aliphatic carbocycles. The third-order valence-electron chi connectivity index (χ3n) is 1.30. The molecule has 0 unspecified atom stereocenters. The van der Waals surface area contributed by atoms with Crippen LogP contribution in [0, 0.1) is 5.82 Å². The Morgan fingerprint density at radius 1 is 1.50 bits per heavy atom. The van der Waals surface area contributed by atoms with E-state index in [1.165, 1.54) is 18.2 Å². The van der Waals surface area contributed by atoms with Gasteiger partial charge in [-0.2, -0.15) is 8.42 Å². The highest BCUT2D eigenvalue weighted by molar-refractivity contribution is 7.87. The molecule has 0 aromatic heterocycles. The molecule has 0 aliphatic rings. The molecular formula is C7H9FN2O3S. The molecule has 7 heteroatoms. The summed E-state index contributed by atoms with van der Waals surface area (Å²) in [5.41, 5.74) is 0.501. The zero-order valence-corrected chi connectivity index (χ0v) is 7.92. The number of hydrogen-bond acceptors (Lipinski definition) is 3. The van der Waals surface area contributed by atoms with E-state index in [1.54, 1.807) is 11.0 Å². The SMILES string of the molecule is NS(=O)(=O)NOCc1cccc(F)c1. The van der Waals surface area contributed by atoms with E-state index in [4.69, 9.17) is 0 Å². The maximum absolute atomic E-state index is 12.6. The van der Waals surface area contributed by atoms with Gasteiger partial charge in [0.1, 0.15) is 5.82 Å². The van der Waals surface area contributed by atoms with Crippen molar-refractivity contribution in [3.8, 4) is 0 Å². The molecule has 0 aliphatic heterocycles. The van der Waals surface area contributed by atoms with Crippen molar-refractivity contribution in [2.45, 2.75) is 6.61 Å². The number of rotatable bonds is 4. The molecule has 0 atom stereocenters. The van der Waals surface area contributed by atoms with Gasteiger partial charge in [0, 0.05) is 0 Å². The first-order chi connectivity index (χ1) is 6.47. The fourth-order valence-corrected chi connectivity index (χ4v) is 1.04. The van der Waals surface area contributed by atoms with Gasteiger partial charge in [0.25, 0.3) is 10.2 Å². The van der Waals surface area contributed by atoms with E-state index >= 15 is 0 Å². The molecule has 14 heavy (non-hydrogen) atoms. The molecule has 0 fully saturated rings. The van der Waals surface area contributed by atoms with Gasteiger partial charge in [-0.15, -0.1) is 0 Å². The summed E-state index contributed by atoms with van der Waals surface area (Å²) in [5.74, 6) is -0.415. The molecule has 0 radical (unpaired) electrons. The van der Waals surface area contributed by atoms with Gasteiger partial charge in [0.2, 0.25) is 0 Å². The van der Waals surface area contributed by atoms with Crippen molar-refractivity contribution < 1.29 is 17.6 Å². The summed E-state index contributed by atoms with van der Waals surface area (Å²) in [6.45, 7) is -0.0891. The summed E-state index contributed by atoms with van der Waals surface area (Å²) >= 11 is 0. The first-order valence-electron chi connectivity index (χ1n) is 3.63. The average molecular weight is 220 g/mol. The molecule has 1 rings (SSSR count). The molecular weight excluding hydrogens is 211 g/mol. The maximum Gasteiger partial charge on any atom is 0.296 e. The highest BCUT2D eigenvalue weighted by Gasteiger charge is 2.01. The fourth-order valence-electron chi connectivity index (χ4n) is 0.822. The minimum Gasteiger partial charge on any atom is -0.281 e. The average Bonchev–Trinajstić information content (AvgIpc) is 2.01. The second kappa shape index (κ2) is 4.47. The van der Waals surface area contributed by atoms with Gasteiger partial charge in [0.15, 0.2) is 0 Å². The Morgan fingerprint density at radius 2 is 2.21 bits per heavy atom. The van der Waals surface area contributed by atoms with E-state index in [0.717, 1.165) is 0 Å². The molecule has 3 N–H and O–H groups in total. The lowest BCUT2D eigenvalue weighted by Gasteiger charge is -2.03. The van der Waals surface area contributed by atoms with E-state index < -0.39 is 16.0 Å². The standard InChI is InChI=1S/C7H9FN2O3S/c8-7-3-1-2-6(4-7)5-13-10-14(9,11)12/h1-4,10H,5H2,(H2,9,11,12). The van der Waals surface area contributed by atoms with E-state index in [1.807, 2.05) is 0 Å². The molecule has 5 nitrogen and oxygen atoms in total. The summed E-state index contributed by atoms with van der Waals surface area (Å²) in [6.07, 6.45) is 0. The van der Waals surface area contributed by atoms with Crippen LogP contribution in [0.25, 0.3) is 0 Å². The molecule has 1 aromatic rings. The quantitative estimate of drug-likeness (QED) is 0.703. The van der Waals surface area contributed by atoms with Crippen LogP contribution in [0.2, 0.25) is 0 Å². The number of nitrogens with two attached hydrogens (primary N) is 1. The van der Waals surface area contributed by atoms with E-state index in [-0.39, 0.29) is 6.61 Å². The van der Waals surface area contributed by atoms with Gasteiger partial charge in [-0.3, -0.25) is 4.84 Å². The van der Waals surface area contributed by atoms with Crippen molar-refractivity contribution in [1.82, 2.24) is 4.89 Å². The van der Waals surface area contributed by atoms with Crippen molar-refractivity contribution in [2.24, 2.45) is 5.14 Å². The lowest BCUT2D eigenvalue weighted by Crippen LogP contribution is -2.30. The highest BCUT2D eigenvalue weighted by atomic mass is 32.2. The smallest absolute Gasteiger partial charge is 0.281 e. The first kappa shape index (κ1) is 11.1. The normalized spacial score (nSPS) is 11.6. The van der Waals surface area contributed by atoms with Gasteiger partial charge in [0.05, 0.1) is 6.61 Å². The first-order valence-corrected chi connectivity index (χ1v) is 5.18. The Morgan fingerprint density at radius 3 is 2.79 bits per heavy atom. The van der Waals surface area contributed by atoms with Crippen LogP contribution >= 0.6 is 0 Å². The lowest BCUT2D eigenvalue weighted by atomic mass is 10.2. The van der Waals surface area contributed by atoms with E-state index in [0.29, 0.717) is 5.56 Å². The van der Waals surface area contributed by atoms with Crippen LogP contribution in [0.5, 0.6) is 0 Å². The fraction of sp³-hybridized carbons (Fsp3) is 0.143. The number of halogens is 1. The van der Waals surface area contributed by atoms with Crippen LogP contribution in [-0.2, 0) is 21.7 Å². The Bertz CT molecular complexity index is 407. The highest BCUT2D eigenvalue weighted by Crippen LogP contribution is 2.03. The number of benzene rings is 1. The summed E-state index contributed by atoms with van der Waals surface area (Å²) in [6, 6.07) is 5.58. The summed E-state index contributed by atoms with van der Waals surface area (Å²) in [5, 5.41) is 4.59. The van der Waals surface area contributed by atoms with Crippen LogP contribution in [-0.4, -0.2) is 8.42 Å². The zero-order valence-electron chi connectivity index (χ0n) is 7.10. The predicted molar refractivity (Wildman–Crippen MR) is 47.4 cm³/mol. The Kier molecular flexibility index (Phi) is 3.53. The minimum absolute atomic E-state index is 0.0891. The molecule has 0 heterocycles. The summed E-state index contributed by atoms with van der Waals surface area (Å²) in [4.78, 5) is 6.13. The maximum atomic E-state index is 12.6. The Balaban J connectivity index is 2.47. The Labute approximate surface area is 80.8 Å². The van der Waals surface area contributed by atoms with Crippen molar-refractivity contribution in [3.05, 3.63) is 35.6 Å². The molecule has 1 aromatic carbocycles. The lowest BCUT2D eigenvalue weighted by molar-refractivity contribution is 0.0794. The Hall–Kier alpha value is -1.02. The number of hydrogen-bond donors (Lipinski definition) is 2. The monoisotopic (exact) mass is 220 g/mol. The minimum atomic E-state index is -3.87. The van der Waals surface area contributed by atoms with Gasteiger partial charge in [-0.25, -0.2) is 9.53 Å². The molecule has 0 bridgehead atoms. The van der Waals surface area contributed by atoms with Crippen molar-refractivity contribution >= 4 is 10.2 Å². The van der Waals surface area contributed by atoms with Crippen molar-refractivity contribution in [1.29, 1.82) is 0 Å². The van der Waals surface area contributed by atoms with Crippen LogP contribution in [0.4, 0.5) is 4.39 Å². The van der Waals surface area contributed by atoms with Crippen LogP contribution < -0.4 is 10.0 Å². The van der Waals surface area contributed by atoms with Gasteiger partial charge < -0.3 is 0 Å². The molecule has 0 spiro atoms. The molecule has 78 valence electrons. The van der Waals surface area contributed by atoms with Gasteiger partial charge in [-0.05, 0) is 17.7 Å². The third kappa shape index (κ3) is 4.28. The van der Waals surface area contributed by atoms with Gasteiger partial charge >= 0.3 is 0 Å². The van der Waals surface area contributed by atoms with Crippen molar-refractivity contribution in [3.63, 3.8) is 0 Å². The van der Waals surface area contributed by atoms with E-state index in [2.05, 4.69) is 9.98 Å². The predicted octanol–water partition coefficient (Wildman–Crippen LogP) is 0.0504. The second-order valence-corrected chi connectivity index (χ2v) is 3.80. The van der Waals surface area contributed by atoms with E-state index in [9.17, 15) is 12.8 Å². The molecule has 0 amide bonds. The topological polar surface area (TPSA) is 81.4 Å². The second-order valence-electron chi connectivity index (χ2n) is 2.55. The largest absolute Gasteiger partial charge is 0.296 e. The summed E-state index contributed by atoms with van der Waals surface area (Å²) < 4.78 is 33.3. The van der Waals surface area contributed by atoms with Crippen molar-refractivity contribution in [2.75, 3.05) is 0 Å². The molecule has 0 saturated heterocycles. The number of nitrogens with one attached hydrogen (secondary N) is 1. The zero-order chi connectivity index (χ0) is 10.6. The van der Waals surface area contributed by atoms with Crippen LogP contribution in [0.15, 0.2) is 24.3 Å². The van der Waals surface area contributed by atoms with Gasteiger partial charge in [-0.1, -0.05) is 17.0 Å².